The van der Waals surface area contributed by atoms with Crippen LogP contribution in [0.4, 0.5) is 5.69 Å². The summed E-state index contributed by atoms with van der Waals surface area (Å²) in [6.45, 7) is 3.76. The summed E-state index contributed by atoms with van der Waals surface area (Å²) < 4.78 is 1.82. The minimum atomic E-state index is -0.866. The van der Waals surface area contributed by atoms with E-state index in [4.69, 9.17) is 5.73 Å². The molecule has 6 heteroatoms. The number of hydrogen-bond acceptors (Lipinski definition) is 4. The van der Waals surface area contributed by atoms with Crippen molar-refractivity contribution in [2.45, 2.75) is 32.2 Å². The van der Waals surface area contributed by atoms with Crippen LogP contribution in [-0.2, 0) is 11.8 Å². The van der Waals surface area contributed by atoms with Gasteiger partial charge in [-0.25, -0.2) is 0 Å². The van der Waals surface area contributed by atoms with E-state index < -0.39 is 5.54 Å². The summed E-state index contributed by atoms with van der Waals surface area (Å²) in [5.74, 6) is 0.564. The van der Waals surface area contributed by atoms with Crippen molar-refractivity contribution in [3.05, 3.63) is 30.6 Å². The predicted octanol–water partition coefficient (Wildman–Crippen LogP) is 1.94. The quantitative estimate of drug-likeness (QED) is 0.880. The molecule has 1 amide bonds. The average molecular weight is 287 g/mol. The Morgan fingerprint density at radius 2 is 2.24 bits per heavy atom. The van der Waals surface area contributed by atoms with E-state index in [2.05, 4.69) is 15.5 Å². The molecule has 2 aromatic rings. The molecule has 1 aromatic heterocycles. The maximum Gasteiger partial charge on any atom is 0.244 e. The van der Waals surface area contributed by atoms with E-state index in [1.165, 1.54) is 0 Å². The number of nitrogens with one attached hydrogen (secondary N) is 1. The van der Waals surface area contributed by atoms with Crippen molar-refractivity contribution < 1.29 is 4.79 Å². The normalized spacial score (nSPS) is 13.7. The number of carbonyl (C=O) groups excluding carboxylic acids is 1. The van der Waals surface area contributed by atoms with Crippen LogP contribution in [0.2, 0.25) is 0 Å². The molecule has 1 unspecified atom stereocenters. The molecule has 3 N–H and O–H groups in total. The van der Waals surface area contributed by atoms with Gasteiger partial charge in [0.25, 0.3) is 0 Å². The lowest BCUT2D eigenvalue weighted by atomic mass is 9.96. The molecule has 0 aliphatic heterocycles. The molecule has 0 fully saturated rings. The van der Waals surface area contributed by atoms with Crippen molar-refractivity contribution in [2.24, 2.45) is 12.8 Å². The van der Waals surface area contributed by atoms with Gasteiger partial charge in [-0.1, -0.05) is 25.5 Å². The van der Waals surface area contributed by atoms with Crippen molar-refractivity contribution in [2.75, 3.05) is 5.32 Å². The largest absolute Gasteiger partial charge is 0.324 e. The van der Waals surface area contributed by atoms with Crippen molar-refractivity contribution in [1.82, 2.24) is 14.8 Å². The molecular weight excluding hydrogens is 266 g/mol. The molecule has 0 aliphatic carbocycles. The van der Waals surface area contributed by atoms with Crippen LogP contribution in [0, 0.1) is 0 Å². The monoisotopic (exact) mass is 287 g/mol. The van der Waals surface area contributed by atoms with Gasteiger partial charge >= 0.3 is 0 Å². The summed E-state index contributed by atoms with van der Waals surface area (Å²) in [6.07, 6.45) is 3.14. The summed E-state index contributed by atoms with van der Waals surface area (Å²) in [5, 5.41) is 10.8. The molecule has 0 bridgehead atoms. The zero-order valence-corrected chi connectivity index (χ0v) is 12.6. The van der Waals surface area contributed by atoms with E-state index in [-0.39, 0.29) is 5.91 Å². The third-order valence-electron chi connectivity index (χ3n) is 3.38. The SMILES string of the molecule is CCCC(C)(N)C(=O)Nc1cccc(-c2nncn2C)c1. The molecular formula is C15H21N5O. The number of hydrogen-bond donors (Lipinski definition) is 2. The number of benzene rings is 1. The van der Waals surface area contributed by atoms with Gasteiger partial charge in [-0.15, -0.1) is 10.2 Å². The molecule has 0 radical (unpaired) electrons. The van der Waals surface area contributed by atoms with Gasteiger partial charge in [-0.3, -0.25) is 4.79 Å². The Kier molecular flexibility index (Phi) is 4.37. The maximum absolute atomic E-state index is 12.2. The van der Waals surface area contributed by atoms with Crippen molar-refractivity contribution in [3.8, 4) is 11.4 Å². The number of rotatable bonds is 5. The molecule has 21 heavy (non-hydrogen) atoms. The van der Waals surface area contributed by atoms with Crippen molar-refractivity contribution in [1.29, 1.82) is 0 Å². The third-order valence-corrected chi connectivity index (χ3v) is 3.38. The van der Waals surface area contributed by atoms with Crippen molar-refractivity contribution >= 4 is 11.6 Å². The number of nitrogens with zero attached hydrogens (tertiary/aromatic N) is 3. The lowest BCUT2D eigenvalue weighted by molar-refractivity contribution is -0.120. The maximum atomic E-state index is 12.2. The van der Waals surface area contributed by atoms with E-state index in [0.29, 0.717) is 12.1 Å². The highest BCUT2D eigenvalue weighted by atomic mass is 16.2. The second-order valence-corrected chi connectivity index (χ2v) is 5.47. The van der Waals surface area contributed by atoms with Crippen LogP contribution in [0.5, 0.6) is 0 Å². The van der Waals surface area contributed by atoms with Crippen molar-refractivity contribution in [3.63, 3.8) is 0 Å². The highest BCUT2D eigenvalue weighted by Crippen LogP contribution is 2.21. The molecule has 112 valence electrons. The first-order valence-corrected chi connectivity index (χ1v) is 6.99. The minimum absolute atomic E-state index is 0.181. The lowest BCUT2D eigenvalue weighted by Gasteiger charge is -2.22. The minimum Gasteiger partial charge on any atom is -0.324 e. The Morgan fingerprint density at radius 3 is 2.86 bits per heavy atom. The van der Waals surface area contributed by atoms with Crippen LogP contribution in [-0.4, -0.2) is 26.2 Å². The molecule has 0 saturated heterocycles. The first-order valence-electron chi connectivity index (χ1n) is 6.99. The summed E-state index contributed by atoms with van der Waals surface area (Å²) >= 11 is 0. The van der Waals surface area contributed by atoms with Gasteiger partial charge in [0.05, 0.1) is 5.54 Å². The Hall–Kier alpha value is -2.21. The Balaban J connectivity index is 2.19. The Morgan fingerprint density at radius 1 is 1.48 bits per heavy atom. The van der Waals surface area contributed by atoms with E-state index in [0.717, 1.165) is 17.8 Å². The van der Waals surface area contributed by atoms with E-state index in [1.54, 1.807) is 13.3 Å². The van der Waals surface area contributed by atoms with E-state index in [1.807, 2.05) is 42.8 Å². The van der Waals surface area contributed by atoms with Crippen LogP contribution in [0.15, 0.2) is 30.6 Å². The highest BCUT2D eigenvalue weighted by molar-refractivity contribution is 5.98. The van der Waals surface area contributed by atoms with Gasteiger partial charge in [0.2, 0.25) is 5.91 Å². The van der Waals surface area contributed by atoms with Gasteiger partial charge < -0.3 is 15.6 Å². The second kappa shape index (κ2) is 6.05. The first-order chi connectivity index (χ1) is 9.94. The van der Waals surface area contributed by atoms with Gasteiger partial charge in [-0.2, -0.15) is 0 Å². The van der Waals surface area contributed by atoms with E-state index in [9.17, 15) is 4.79 Å². The molecule has 6 nitrogen and oxygen atoms in total. The van der Waals surface area contributed by atoms with E-state index >= 15 is 0 Å². The van der Waals surface area contributed by atoms with Gasteiger partial charge in [0.1, 0.15) is 6.33 Å². The van der Waals surface area contributed by atoms with Crippen LogP contribution < -0.4 is 11.1 Å². The predicted molar refractivity (Wildman–Crippen MR) is 82.6 cm³/mol. The standard InChI is InChI=1S/C15H21N5O/c1-4-8-15(2,16)14(21)18-12-7-5-6-11(9-12)13-19-17-10-20(13)3/h5-7,9-10H,4,8,16H2,1-3H3,(H,18,21). The second-order valence-electron chi connectivity index (χ2n) is 5.47. The smallest absolute Gasteiger partial charge is 0.244 e. The van der Waals surface area contributed by atoms with Crippen LogP contribution >= 0.6 is 0 Å². The highest BCUT2D eigenvalue weighted by Gasteiger charge is 2.27. The molecule has 0 aliphatic rings. The average Bonchev–Trinajstić information content (AvgIpc) is 2.85. The fourth-order valence-corrected chi connectivity index (χ4v) is 2.19. The summed E-state index contributed by atoms with van der Waals surface area (Å²) in [7, 11) is 1.87. The Bertz CT molecular complexity index is 632. The number of nitrogens with two attached hydrogens (primary N) is 1. The summed E-state index contributed by atoms with van der Waals surface area (Å²) in [6, 6.07) is 7.49. The Labute approximate surface area is 124 Å². The van der Waals surface area contributed by atoms with Crippen LogP contribution in [0.3, 0.4) is 0 Å². The zero-order valence-electron chi connectivity index (χ0n) is 12.6. The number of aryl methyl sites for hydroxylation is 1. The summed E-state index contributed by atoms with van der Waals surface area (Å²) in [4.78, 5) is 12.2. The summed E-state index contributed by atoms with van der Waals surface area (Å²) in [5.41, 5.74) is 6.76. The fourth-order valence-electron chi connectivity index (χ4n) is 2.19. The molecule has 1 heterocycles. The number of carbonyl (C=O) groups is 1. The number of anilines is 1. The third kappa shape index (κ3) is 3.46. The molecule has 0 saturated carbocycles. The topological polar surface area (TPSA) is 85.8 Å². The first kappa shape index (κ1) is 15.2. The van der Waals surface area contributed by atoms with Crippen LogP contribution in [0.1, 0.15) is 26.7 Å². The van der Waals surface area contributed by atoms with Gasteiger partial charge in [0, 0.05) is 18.3 Å². The molecule has 1 aromatic carbocycles. The number of amides is 1. The zero-order chi connectivity index (χ0) is 15.5. The number of aromatic nitrogens is 3. The molecule has 2 rings (SSSR count). The lowest BCUT2D eigenvalue weighted by Crippen LogP contribution is -2.48. The van der Waals surface area contributed by atoms with Crippen LogP contribution in [0.25, 0.3) is 11.4 Å². The van der Waals surface area contributed by atoms with Gasteiger partial charge in [0.15, 0.2) is 5.82 Å². The molecule has 1 atom stereocenters. The molecule has 0 spiro atoms. The van der Waals surface area contributed by atoms with Gasteiger partial charge in [-0.05, 0) is 25.5 Å². The fraction of sp³-hybridized carbons (Fsp3) is 0.400.